The summed E-state index contributed by atoms with van der Waals surface area (Å²) >= 11 is 0. The predicted octanol–water partition coefficient (Wildman–Crippen LogP) is 3.00. The van der Waals surface area contributed by atoms with Crippen LogP contribution in [0, 0.1) is 21.8 Å². The maximum absolute atomic E-state index is 13.0. The Hall–Kier alpha value is -4.45. The van der Waals surface area contributed by atoms with E-state index in [0.29, 0.717) is 48.8 Å². The summed E-state index contributed by atoms with van der Waals surface area (Å²) in [4.78, 5) is 58.4. The van der Waals surface area contributed by atoms with Crippen molar-refractivity contribution in [1.29, 1.82) is 0 Å². The fourth-order valence-electron chi connectivity index (χ4n) is 4.32. The Morgan fingerprint density at radius 1 is 1.03 bits per heavy atom. The number of carboxylic acid groups (broad SMARTS) is 2. The van der Waals surface area contributed by atoms with Gasteiger partial charge < -0.3 is 15.1 Å². The van der Waals surface area contributed by atoms with Crippen LogP contribution in [0.1, 0.15) is 39.1 Å². The number of carboxylic acids is 2. The third-order valence-corrected chi connectivity index (χ3v) is 6.27. The summed E-state index contributed by atoms with van der Waals surface area (Å²) in [6.45, 7) is 2.92. The summed E-state index contributed by atoms with van der Waals surface area (Å²) in [6.07, 6.45) is 2.86. The molecule has 11 nitrogen and oxygen atoms in total. The molecule has 0 radical (unpaired) electrons. The number of benzene rings is 2. The molecule has 0 aromatic heterocycles. The molecule has 0 atom stereocenters. The Bertz CT molecular complexity index is 1240. The van der Waals surface area contributed by atoms with Crippen molar-refractivity contribution in [3.63, 3.8) is 0 Å². The first-order chi connectivity index (χ1) is 18.0. The van der Waals surface area contributed by atoms with Crippen LogP contribution < -0.4 is 0 Å². The van der Waals surface area contributed by atoms with Gasteiger partial charge in [-0.25, -0.2) is 14.0 Å². The lowest BCUT2D eigenvalue weighted by atomic mass is 9.95. The van der Waals surface area contributed by atoms with Gasteiger partial charge in [-0.2, -0.15) is 0 Å². The average molecular weight is 528 g/mol. The number of carbonyl (C=O) groups excluding carboxylic acids is 2. The van der Waals surface area contributed by atoms with Gasteiger partial charge in [0.1, 0.15) is 5.82 Å². The molecule has 0 aliphatic carbocycles. The van der Waals surface area contributed by atoms with Crippen LogP contribution in [0.5, 0.6) is 0 Å². The fourth-order valence-corrected chi connectivity index (χ4v) is 4.32. The first-order valence-electron chi connectivity index (χ1n) is 11.7. The SMILES string of the molecule is O=C(CN1CCC(CN2Cc3ccc([N+](=O)[O-])cc3C2=O)CC1)c1ccc(F)cc1.O=C(O)C=CC(=O)O. The summed E-state index contributed by atoms with van der Waals surface area (Å²) in [5, 5.41) is 26.6. The first-order valence-corrected chi connectivity index (χ1v) is 11.7. The van der Waals surface area contributed by atoms with Crippen LogP contribution in [0.2, 0.25) is 0 Å². The molecule has 1 saturated heterocycles. The molecular formula is C26H26FN3O8. The van der Waals surface area contributed by atoms with Crippen LogP contribution in [-0.4, -0.2) is 74.7 Å². The number of nitro groups is 1. The average Bonchev–Trinajstić information content (AvgIpc) is 3.19. The van der Waals surface area contributed by atoms with E-state index in [1.165, 1.54) is 36.4 Å². The molecule has 2 aromatic carbocycles. The van der Waals surface area contributed by atoms with Crippen LogP contribution in [0.15, 0.2) is 54.6 Å². The number of nitro benzene ring substituents is 1. The van der Waals surface area contributed by atoms with Crippen LogP contribution in [0.25, 0.3) is 0 Å². The topological polar surface area (TPSA) is 158 Å². The number of nitrogens with zero attached hydrogens (tertiary/aromatic N) is 3. The largest absolute Gasteiger partial charge is 0.478 e. The highest BCUT2D eigenvalue weighted by molar-refractivity contribution is 5.99. The third-order valence-electron chi connectivity index (χ3n) is 6.27. The van der Waals surface area contributed by atoms with E-state index < -0.39 is 16.9 Å². The predicted molar refractivity (Wildman–Crippen MR) is 132 cm³/mol. The van der Waals surface area contributed by atoms with Crippen molar-refractivity contribution in [3.8, 4) is 0 Å². The minimum Gasteiger partial charge on any atom is -0.478 e. The number of ketones is 1. The number of halogens is 1. The Morgan fingerprint density at radius 3 is 2.18 bits per heavy atom. The van der Waals surface area contributed by atoms with E-state index in [0.717, 1.165) is 31.5 Å². The van der Waals surface area contributed by atoms with E-state index in [1.54, 1.807) is 11.0 Å². The molecule has 2 aromatic rings. The molecule has 1 fully saturated rings. The van der Waals surface area contributed by atoms with Crippen molar-refractivity contribution in [1.82, 2.24) is 9.80 Å². The maximum Gasteiger partial charge on any atom is 0.328 e. The normalized spacial score (nSPS) is 15.6. The summed E-state index contributed by atoms with van der Waals surface area (Å²) < 4.78 is 13.0. The van der Waals surface area contributed by atoms with Crippen molar-refractivity contribution < 1.29 is 38.7 Å². The molecule has 4 rings (SSSR count). The van der Waals surface area contributed by atoms with Gasteiger partial charge in [-0.3, -0.25) is 24.6 Å². The smallest absolute Gasteiger partial charge is 0.328 e. The monoisotopic (exact) mass is 527 g/mol. The highest BCUT2D eigenvalue weighted by Crippen LogP contribution is 2.29. The minimum atomic E-state index is -1.26. The van der Waals surface area contributed by atoms with E-state index >= 15 is 0 Å². The zero-order valence-electron chi connectivity index (χ0n) is 20.3. The van der Waals surface area contributed by atoms with Gasteiger partial charge in [-0.05, 0) is 67.7 Å². The first kappa shape index (κ1) is 28.1. The third kappa shape index (κ3) is 7.77. The maximum atomic E-state index is 13.0. The summed E-state index contributed by atoms with van der Waals surface area (Å²) in [6, 6.07) is 10.1. The van der Waals surface area contributed by atoms with Crippen molar-refractivity contribution in [2.24, 2.45) is 5.92 Å². The number of hydrogen-bond donors (Lipinski definition) is 2. The van der Waals surface area contributed by atoms with Gasteiger partial charge in [0.25, 0.3) is 11.6 Å². The molecular weight excluding hydrogens is 501 g/mol. The van der Waals surface area contributed by atoms with E-state index in [4.69, 9.17) is 10.2 Å². The van der Waals surface area contributed by atoms with Crippen molar-refractivity contribution in [3.05, 3.63) is 87.2 Å². The fraction of sp³-hybridized carbons (Fsp3) is 0.308. The molecule has 0 spiro atoms. The number of rotatable bonds is 8. The number of piperidine rings is 1. The molecule has 0 saturated carbocycles. The number of fused-ring (bicyclic) bond motifs is 1. The lowest BCUT2D eigenvalue weighted by molar-refractivity contribution is -0.384. The Morgan fingerprint density at radius 2 is 1.63 bits per heavy atom. The van der Waals surface area contributed by atoms with Crippen LogP contribution in [0.4, 0.5) is 10.1 Å². The van der Waals surface area contributed by atoms with Crippen LogP contribution in [0.3, 0.4) is 0 Å². The second-order valence-electron chi connectivity index (χ2n) is 8.94. The van der Waals surface area contributed by atoms with Gasteiger partial charge >= 0.3 is 11.9 Å². The second-order valence-corrected chi connectivity index (χ2v) is 8.94. The van der Waals surface area contributed by atoms with Crippen LogP contribution >= 0.6 is 0 Å². The quantitative estimate of drug-likeness (QED) is 0.228. The molecule has 38 heavy (non-hydrogen) atoms. The molecule has 200 valence electrons. The highest BCUT2D eigenvalue weighted by Gasteiger charge is 2.32. The number of carbonyl (C=O) groups is 4. The summed E-state index contributed by atoms with van der Waals surface area (Å²) in [5.74, 6) is -2.72. The number of amides is 1. The number of Topliss-reactive ketones (excluding diaryl/α,β-unsaturated/α-hetero) is 1. The highest BCUT2D eigenvalue weighted by atomic mass is 19.1. The molecule has 1 amide bonds. The van der Waals surface area contributed by atoms with Crippen molar-refractivity contribution in [2.75, 3.05) is 26.2 Å². The molecule has 0 bridgehead atoms. The van der Waals surface area contributed by atoms with E-state index in [2.05, 4.69) is 4.90 Å². The molecule has 2 N–H and O–H groups in total. The van der Waals surface area contributed by atoms with Gasteiger partial charge in [0.05, 0.1) is 17.0 Å². The Labute approximate surface area is 216 Å². The van der Waals surface area contributed by atoms with Crippen molar-refractivity contribution in [2.45, 2.75) is 19.4 Å². The second kappa shape index (κ2) is 12.7. The summed E-state index contributed by atoms with van der Waals surface area (Å²) in [5.41, 5.74) is 1.69. The van der Waals surface area contributed by atoms with Gasteiger partial charge in [0.15, 0.2) is 5.78 Å². The molecule has 2 aliphatic heterocycles. The Balaban J connectivity index is 0.000000436. The number of aliphatic carboxylic acids is 2. The zero-order chi connectivity index (χ0) is 27.8. The van der Waals surface area contributed by atoms with E-state index in [1.807, 2.05) is 0 Å². The lowest BCUT2D eigenvalue weighted by Crippen LogP contribution is -2.40. The summed E-state index contributed by atoms with van der Waals surface area (Å²) in [7, 11) is 0. The van der Waals surface area contributed by atoms with E-state index in [9.17, 15) is 33.7 Å². The van der Waals surface area contributed by atoms with Crippen LogP contribution in [-0.2, 0) is 16.1 Å². The number of likely N-dealkylation sites (tertiary alicyclic amines) is 1. The van der Waals surface area contributed by atoms with Crippen molar-refractivity contribution >= 4 is 29.3 Å². The standard InChI is InChI=1S/C22H22FN3O4.C4H4O4/c23-18-4-1-16(2-5-18)21(27)14-24-9-7-15(8-10-24)12-25-13-17-3-6-19(26(29)30)11-20(17)22(25)28;5-3(6)1-2-4(7)8/h1-6,11,15H,7-10,12-14H2;1-2H,(H,5,6)(H,7,8). The van der Waals surface area contributed by atoms with E-state index in [-0.39, 0.29) is 23.2 Å². The van der Waals surface area contributed by atoms with Gasteiger partial charge in [0.2, 0.25) is 0 Å². The number of non-ortho nitro benzene ring substituents is 1. The molecule has 0 unspecified atom stereocenters. The lowest BCUT2D eigenvalue weighted by Gasteiger charge is -2.33. The molecule has 12 heteroatoms. The molecule has 2 heterocycles. The van der Waals surface area contributed by atoms with Gasteiger partial charge in [0, 0.05) is 42.9 Å². The Kier molecular flexibility index (Phi) is 9.39. The zero-order valence-corrected chi connectivity index (χ0v) is 20.3. The van der Waals surface area contributed by atoms with Gasteiger partial charge in [-0.15, -0.1) is 0 Å². The minimum absolute atomic E-state index is 0.0276. The number of hydrogen-bond acceptors (Lipinski definition) is 7. The van der Waals surface area contributed by atoms with Gasteiger partial charge in [-0.1, -0.05) is 0 Å². The molecule has 2 aliphatic rings.